The Hall–Kier alpha value is -1.55. The summed E-state index contributed by atoms with van der Waals surface area (Å²) in [7, 11) is 0. The number of hydrogen-bond donors (Lipinski definition) is 0. The van der Waals surface area contributed by atoms with Crippen LogP contribution in [0.4, 0.5) is 4.39 Å². The normalized spacial score (nSPS) is 10.5. The lowest BCUT2D eigenvalue weighted by molar-refractivity contribution is 0.622. The SMILES string of the molecule is CCCc1nc(Cl)cc(-c2cncc(F)c2)n1. The van der Waals surface area contributed by atoms with Gasteiger partial charge in [-0.25, -0.2) is 14.4 Å². The molecule has 0 radical (unpaired) electrons. The number of nitrogens with zero attached hydrogens (tertiary/aromatic N) is 3. The van der Waals surface area contributed by atoms with E-state index < -0.39 is 5.82 Å². The van der Waals surface area contributed by atoms with Gasteiger partial charge in [0.1, 0.15) is 16.8 Å². The first kappa shape index (κ1) is 11.9. The Labute approximate surface area is 104 Å². The minimum Gasteiger partial charge on any atom is -0.261 e. The number of aromatic nitrogens is 3. The molecule has 0 atom stereocenters. The van der Waals surface area contributed by atoms with Crippen LogP contribution < -0.4 is 0 Å². The monoisotopic (exact) mass is 251 g/mol. The largest absolute Gasteiger partial charge is 0.261 e. The first-order valence-electron chi connectivity index (χ1n) is 5.33. The Morgan fingerprint density at radius 3 is 2.76 bits per heavy atom. The molecule has 88 valence electrons. The van der Waals surface area contributed by atoms with Crippen LogP contribution in [-0.2, 0) is 6.42 Å². The number of hydrogen-bond acceptors (Lipinski definition) is 3. The van der Waals surface area contributed by atoms with Crippen LogP contribution in [0.3, 0.4) is 0 Å². The fourth-order valence-electron chi connectivity index (χ4n) is 1.50. The summed E-state index contributed by atoms with van der Waals surface area (Å²) in [4.78, 5) is 12.2. The summed E-state index contributed by atoms with van der Waals surface area (Å²) >= 11 is 5.91. The second-order valence-corrected chi connectivity index (χ2v) is 4.02. The van der Waals surface area contributed by atoms with Crippen molar-refractivity contribution < 1.29 is 4.39 Å². The maximum Gasteiger partial charge on any atom is 0.142 e. The van der Waals surface area contributed by atoms with Crippen molar-refractivity contribution in [1.82, 2.24) is 15.0 Å². The van der Waals surface area contributed by atoms with E-state index in [0.29, 0.717) is 22.2 Å². The van der Waals surface area contributed by atoms with Crippen molar-refractivity contribution in [2.45, 2.75) is 19.8 Å². The van der Waals surface area contributed by atoms with Gasteiger partial charge >= 0.3 is 0 Å². The third-order valence-corrected chi connectivity index (χ3v) is 2.41. The van der Waals surface area contributed by atoms with Gasteiger partial charge in [-0.3, -0.25) is 4.98 Å². The van der Waals surface area contributed by atoms with E-state index in [1.807, 2.05) is 6.92 Å². The number of halogens is 2. The Morgan fingerprint density at radius 1 is 1.24 bits per heavy atom. The zero-order valence-electron chi connectivity index (χ0n) is 9.32. The summed E-state index contributed by atoms with van der Waals surface area (Å²) in [5, 5.41) is 0.364. The summed E-state index contributed by atoms with van der Waals surface area (Å²) in [5.41, 5.74) is 1.20. The number of pyridine rings is 1. The number of aryl methyl sites for hydroxylation is 1. The van der Waals surface area contributed by atoms with E-state index in [1.54, 1.807) is 12.3 Å². The van der Waals surface area contributed by atoms with Gasteiger partial charge in [0.15, 0.2) is 0 Å². The molecular weight excluding hydrogens is 241 g/mol. The standard InChI is InChI=1S/C12H11ClFN3/c1-2-3-12-16-10(5-11(13)17-12)8-4-9(14)7-15-6-8/h4-7H,2-3H2,1H3. The molecule has 0 spiro atoms. The first-order valence-corrected chi connectivity index (χ1v) is 5.71. The lowest BCUT2D eigenvalue weighted by atomic mass is 10.2. The van der Waals surface area contributed by atoms with Gasteiger partial charge in [-0.2, -0.15) is 0 Å². The van der Waals surface area contributed by atoms with Crippen LogP contribution in [0.15, 0.2) is 24.5 Å². The summed E-state index contributed by atoms with van der Waals surface area (Å²) in [6, 6.07) is 2.98. The van der Waals surface area contributed by atoms with E-state index in [4.69, 9.17) is 11.6 Å². The summed E-state index contributed by atoms with van der Waals surface area (Å²) < 4.78 is 13.1. The smallest absolute Gasteiger partial charge is 0.142 e. The topological polar surface area (TPSA) is 38.7 Å². The van der Waals surface area contributed by atoms with Crippen LogP contribution in [0.1, 0.15) is 19.2 Å². The molecule has 0 saturated carbocycles. The highest BCUT2D eigenvalue weighted by atomic mass is 35.5. The average molecular weight is 252 g/mol. The lowest BCUT2D eigenvalue weighted by Crippen LogP contribution is -1.97. The van der Waals surface area contributed by atoms with Gasteiger partial charge < -0.3 is 0 Å². The predicted molar refractivity (Wildman–Crippen MR) is 64.2 cm³/mol. The van der Waals surface area contributed by atoms with Crippen molar-refractivity contribution in [2.24, 2.45) is 0 Å². The van der Waals surface area contributed by atoms with Crippen LogP contribution in [-0.4, -0.2) is 15.0 Å². The van der Waals surface area contributed by atoms with Crippen LogP contribution in [0.25, 0.3) is 11.3 Å². The van der Waals surface area contributed by atoms with Crippen LogP contribution in [0, 0.1) is 5.82 Å². The third kappa shape index (κ3) is 2.97. The maximum atomic E-state index is 13.1. The molecule has 17 heavy (non-hydrogen) atoms. The molecule has 2 rings (SSSR count). The average Bonchev–Trinajstić information content (AvgIpc) is 2.28. The van der Waals surface area contributed by atoms with Gasteiger partial charge in [0, 0.05) is 24.2 Å². The third-order valence-electron chi connectivity index (χ3n) is 2.22. The Bertz CT molecular complexity index is 531. The lowest BCUT2D eigenvalue weighted by Gasteiger charge is -2.04. The van der Waals surface area contributed by atoms with E-state index in [2.05, 4.69) is 15.0 Å². The molecule has 2 aromatic rings. The van der Waals surface area contributed by atoms with Crippen molar-refractivity contribution in [3.63, 3.8) is 0 Å². The molecule has 0 saturated heterocycles. The Morgan fingerprint density at radius 2 is 2.06 bits per heavy atom. The minimum absolute atomic E-state index is 0.364. The number of rotatable bonds is 3. The van der Waals surface area contributed by atoms with Crippen LogP contribution in [0.2, 0.25) is 5.15 Å². The highest BCUT2D eigenvalue weighted by molar-refractivity contribution is 6.29. The van der Waals surface area contributed by atoms with Gasteiger partial charge in [0.25, 0.3) is 0 Å². The van der Waals surface area contributed by atoms with Crippen molar-refractivity contribution in [2.75, 3.05) is 0 Å². The molecule has 0 aromatic carbocycles. The van der Waals surface area contributed by atoms with Gasteiger partial charge in [-0.15, -0.1) is 0 Å². The zero-order valence-corrected chi connectivity index (χ0v) is 10.1. The van der Waals surface area contributed by atoms with Gasteiger partial charge in [-0.1, -0.05) is 18.5 Å². The fraction of sp³-hybridized carbons (Fsp3) is 0.250. The first-order chi connectivity index (χ1) is 8.19. The van der Waals surface area contributed by atoms with Gasteiger partial charge in [0.05, 0.1) is 11.9 Å². The molecule has 5 heteroatoms. The molecule has 0 aliphatic carbocycles. The molecule has 0 aliphatic heterocycles. The molecule has 2 aromatic heterocycles. The highest BCUT2D eigenvalue weighted by Crippen LogP contribution is 2.20. The van der Waals surface area contributed by atoms with Crippen molar-refractivity contribution >= 4 is 11.6 Å². The van der Waals surface area contributed by atoms with Crippen LogP contribution >= 0.6 is 11.6 Å². The molecule has 0 aliphatic rings. The summed E-state index contributed by atoms with van der Waals surface area (Å²) in [6.45, 7) is 2.04. The molecule has 0 fully saturated rings. The maximum absolute atomic E-state index is 13.1. The van der Waals surface area contributed by atoms with Gasteiger partial charge in [-0.05, 0) is 12.5 Å². The molecular formula is C12H11ClFN3. The van der Waals surface area contributed by atoms with Crippen molar-refractivity contribution in [3.05, 3.63) is 41.3 Å². The van der Waals surface area contributed by atoms with Crippen molar-refractivity contribution in [3.8, 4) is 11.3 Å². The summed E-state index contributed by atoms with van der Waals surface area (Å²) in [6.07, 6.45) is 4.38. The van der Waals surface area contributed by atoms with Crippen LogP contribution in [0.5, 0.6) is 0 Å². The second kappa shape index (κ2) is 5.19. The highest BCUT2D eigenvalue weighted by Gasteiger charge is 2.06. The van der Waals surface area contributed by atoms with Crippen molar-refractivity contribution in [1.29, 1.82) is 0 Å². The molecule has 0 N–H and O–H groups in total. The zero-order chi connectivity index (χ0) is 12.3. The molecule has 2 heterocycles. The Balaban J connectivity index is 2.44. The quantitative estimate of drug-likeness (QED) is 0.786. The Kier molecular flexibility index (Phi) is 3.64. The second-order valence-electron chi connectivity index (χ2n) is 3.63. The molecule has 0 bridgehead atoms. The van der Waals surface area contributed by atoms with E-state index in [-0.39, 0.29) is 0 Å². The predicted octanol–water partition coefficient (Wildman–Crippen LogP) is 3.28. The van der Waals surface area contributed by atoms with E-state index >= 15 is 0 Å². The van der Waals surface area contributed by atoms with E-state index in [9.17, 15) is 4.39 Å². The summed E-state index contributed by atoms with van der Waals surface area (Å²) in [5.74, 6) is 0.272. The molecule has 0 amide bonds. The van der Waals surface area contributed by atoms with Gasteiger partial charge in [0.2, 0.25) is 0 Å². The van der Waals surface area contributed by atoms with E-state index in [1.165, 1.54) is 6.07 Å². The van der Waals surface area contributed by atoms with E-state index in [0.717, 1.165) is 19.0 Å². The fourth-order valence-corrected chi connectivity index (χ4v) is 1.70. The molecule has 0 unspecified atom stereocenters. The molecule has 3 nitrogen and oxygen atoms in total. The minimum atomic E-state index is -0.394.